The molecule has 0 spiro atoms. The number of rotatable bonds is 3. The fourth-order valence-electron chi connectivity index (χ4n) is 1.75. The third kappa shape index (κ3) is 3.54. The van der Waals surface area contributed by atoms with E-state index in [0.29, 0.717) is 23.6 Å². The van der Waals surface area contributed by atoms with Gasteiger partial charge in [0.05, 0.1) is 6.04 Å². The second-order valence-corrected chi connectivity index (χ2v) is 4.78. The van der Waals surface area contributed by atoms with Crippen molar-refractivity contribution in [2.75, 3.05) is 0 Å². The van der Waals surface area contributed by atoms with E-state index in [0.717, 1.165) is 5.56 Å². The van der Waals surface area contributed by atoms with Gasteiger partial charge in [0.15, 0.2) is 0 Å². The molecular formula is C13H14ClN3O2. The number of halogens is 1. The van der Waals surface area contributed by atoms with Gasteiger partial charge < -0.3 is 5.32 Å². The van der Waals surface area contributed by atoms with Gasteiger partial charge in [-0.3, -0.25) is 9.59 Å². The molecule has 19 heavy (non-hydrogen) atoms. The fourth-order valence-corrected chi connectivity index (χ4v) is 1.88. The van der Waals surface area contributed by atoms with Gasteiger partial charge in [-0.25, -0.2) is 5.43 Å². The van der Waals surface area contributed by atoms with Crippen molar-refractivity contribution in [2.24, 2.45) is 5.10 Å². The summed E-state index contributed by atoms with van der Waals surface area (Å²) in [4.78, 5) is 22.9. The third-order valence-electron chi connectivity index (χ3n) is 2.88. The van der Waals surface area contributed by atoms with Crippen LogP contribution in [0.4, 0.5) is 0 Å². The third-order valence-corrected chi connectivity index (χ3v) is 3.14. The van der Waals surface area contributed by atoms with Crippen LogP contribution in [0.2, 0.25) is 5.02 Å². The molecule has 1 aliphatic rings. The molecule has 2 N–H and O–H groups in total. The van der Waals surface area contributed by atoms with E-state index in [-0.39, 0.29) is 17.9 Å². The second kappa shape index (κ2) is 5.84. The molecule has 5 nitrogen and oxygen atoms in total. The van der Waals surface area contributed by atoms with Crippen molar-refractivity contribution in [2.45, 2.75) is 25.8 Å². The lowest BCUT2D eigenvalue weighted by Crippen LogP contribution is -2.37. The molecule has 0 fully saturated rings. The number of benzene rings is 1. The number of nitrogens with one attached hydrogen (secondary N) is 2. The van der Waals surface area contributed by atoms with E-state index in [4.69, 9.17) is 11.6 Å². The summed E-state index contributed by atoms with van der Waals surface area (Å²) in [5.74, 6) is -0.426. The summed E-state index contributed by atoms with van der Waals surface area (Å²) in [5.41, 5.74) is 3.61. The highest BCUT2D eigenvalue weighted by atomic mass is 35.5. The van der Waals surface area contributed by atoms with Gasteiger partial charge in [-0.2, -0.15) is 5.10 Å². The van der Waals surface area contributed by atoms with Crippen LogP contribution >= 0.6 is 11.6 Å². The number of hydrazone groups is 1. The summed E-state index contributed by atoms with van der Waals surface area (Å²) in [7, 11) is 0. The Morgan fingerprint density at radius 1 is 1.37 bits per heavy atom. The Bertz CT molecular complexity index is 525. The summed E-state index contributed by atoms with van der Waals surface area (Å²) >= 11 is 5.81. The molecule has 0 saturated heterocycles. The topological polar surface area (TPSA) is 70.6 Å². The standard InChI is InChI=1S/C13H14ClN3O2/c1-8(9-2-4-10(14)5-3-9)15-13(19)11-6-7-12(18)17-16-11/h2-5,8H,6-7H2,1H3,(H,15,19)(H,17,18)/t8-/m1/s1. The average molecular weight is 280 g/mol. The van der Waals surface area contributed by atoms with Crippen LogP contribution in [0.3, 0.4) is 0 Å². The van der Waals surface area contributed by atoms with Crippen LogP contribution in [0.5, 0.6) is 0 Å². The lowest BCUT2D eigenvalue weighted by atomic mass is 10.1. The Kier molecular flexibility index (Phi) is 4.16. The molecule has 0 bridgehead atoms. The minimum Gasteiger partial charge on any atom is -0.344 e. The minimum atomic E-state index is -0.262. The van der Waals surface area contributed by atoms with Crippen LogP contribution in [0.15, 0.2) is 29.4 Å². The van der Waals surface area contributed by atoms with Gasteiger partial charge in [0.2, 0.25) is 5.91 Å². The van der Waals surface area contributed by atoms with Crippen molar-refractivity contribution in [3.63, 3.8) is 0 Å². The summed E-state index contributed by atoms with van der Waals surface area (Å²) in [5, 5.41) is 7.25. The average Bonchev–Trinajstić information content (AvgIpc) is 2.40. The normalized spacial score (nSPS) is 16.3. The quantitative estimate of drug-likeness (QED) is 0.885. The van der Waals surface area contributed by atoms with Gasteiger partial charge in [-0.1, -0.05) is 23.7 Å². The number of carbonyl (C=O) groups excluding carboxylic acids is 2. The predicted octanol–water partition coefficient (Wildman–Crippen LogP) is 1.78. The van der Waals surface area contributed by atoms with Crippen molar-refractivity contribution in [3.8, 4) is 0 Å². The van der Waals surface area contributed by atoms with E-state index < -0.39 is 0 Å². The maximum atomic E-state index is 11.9. The van der Waals surface area contributed by atoms with Gasteiger partial charge in [-0.05, 0) is 24.6 Å². The largest absolute Gasteiger partial charge is 0.344 e. The fraction of sp³-hybridized carbons (Fsp3) is 0.308. The Morgan fingerprint density at radius 3 is 2.63 bits per heavy atom. The van der Waals surface area contributed by atoms with E-state index in [1.165, 1.54) is 0 Å². The Morgan fingerprint density at radius 2 is 2.05 bits per heavy atom. The number of carbonyl (C=O) groups is 2. The second-order valence-electron chi connectivity index (χ2n) is 4.34. The predicted molar refractivity (Wildman–Crippen MR) is 72.8 cm³/mol. The SMILES string of the molecule is C[C@@H](NC(=O)C1=NNC(=O)CC1)c1ccc(Cl)cc1. The molecule has 0 unspecified atom stereocenters. The highest BCUT2D eigenvalue weighted by molar-refractivity contribution is 6.39. The van der Waals surface area contributed by atoms with Crippen LogP contribution in [0, 0.1) is 0 Å². The minimum absolute atomic E-state index is 0.148. The summed E-state index contributed by atoms with van der Waals surface area (Å²) in [6.07, 6.45) is 0.659. The van der Waals surface area contributed by atoms with E-state index in [1.54, 1.807) is 12.1 Å². The molecule has 0 radical (unpaired) electrons. The van der Waals surface area contributed by atoms with Crippen molar-refractivity contribution < 1.29 is 9.59 Å². The molecule has 1 aliphatic heterocycles. The van der Waals surface area contributed by atoms with E-state index >= 15 is 0 Å². The molecule has 100 valence electrons. The van der Waals surface area contributed by atoms with Gasteiger partial charge in [0.1, 0.15) is 5.71 Å². The maximum absolute atomic E-state index is 11.9. The van der Waals surface area contributed by atoms with E-state index in [1.807, 2.05) is 19.1 Å². The first-order valence-corrected chi connectivity index (χ1v) is 6.36. The summed E-state index contributed by atoms with van der Waals surface area (Å²) in [6.45, 7) is 1.88. The molecule has 0 aromatic heterocycles. The van der Waals surface area contributed by atoms with Crippen LogP contribution in [-0.4, -0.2) is 17.5 Å². The van der Waals surface area contributed by atoms with Crippen LogP contribution in [0.25, 0.3) is 0 Å². The lowest BCUT2D eigenvalue weighted by molar-refractivity contribution is -0.121. The van der Waals surface area contributed by atoms with Crippen molar-refractivity contribution in [3.05, 3.63) is 34.9 Å². The lowest BCUT2D eigenvalue weighted by Gasteiger charge is -2.17. The molecule has 2 rings (SSSR count). The molecule has 1 aromatic carbocycles. The summed E-state index contributed by atoms with van der Waals surface area (Å²) in [6, 6.07) is 7.12. The van der Waals surface area contributed by atoms with Crippen molar-refractivity contribution >= 4 is 29.1 Å². The molecule has 1 atom stereocenters. The number of amides is 2. The first kappa shape index (κ1) is 13.5. The maximum Gasteiger partial charge on any atom is 0.267 e. The van der Waals surface area contributed by atoms with Gasteiger partial charge >= 0.3 is 0 Å². The smallest absolute Gasteiger partial charge is 0.267 e. The summed E-state index contributed by atoms with van der Waals surface area (Å²) < 4.78 is 0. The zero-order valence-corrected chi connectivity index (χ0v) is 11.2. The van der Waals surface area contributed by atoms with Crippen molar-refractivity contribution in [1.82, 2.24) is 10.7 Å². The highest BCUT2D eigenvalue weighted by Gasteiger charge is 2.19. The molecular weight excluding hydrogens is 266 g/mol. The zero-order chi connectivity index (χ0) is 13.8. The number of hydrogen-bond donors (Lipinski definition) is 2. The Hall–Kier alpha value is -1.88. The van der Waals surface area contributed by atoms with Crippen LogP contribution in [-0.2, 0) is 9.59 Å². The van der Waals surface area contributed by atoms with E-state index in [2.05, 4.69) is 15.8 Å². The van der Waals surface area contributed by atoms with Crippen LogP contribution in [0.1, 0.15) is 31.4 Å². The molecule has 1 heterocycles. The molecule has 2 amide bonds. The van der Waals surface area contributed by atoms with E-state index in [9.17, 15) is 9.59 Å². The molecule has 0 aliphatic carbocycles. The number of hydrogen-bond acceptors (Lipinski definition) is 3. The molecule has 6 heteroatoms. The molecule has 0 saturated carbocycles. The number of nitrogens with zero attached hydrogens (tertiary/aromatic N) is 1. The van der Waals surface area contributed by atoms with Gasteiger partial charge in [-0.15, -0.1) is 0 Å². The van der Waals surface area contributed by atoms with Crippen molar-refractivity contribution in [1.29, 1.82) is 0 Å². The Labute approximate surface area is 116 Å². The first-order valence-electron chi connectivity index (χ1n) is 5.98. The van der Waals surface area contributed by atoms with Gasteiger partial charge in [0.25, 0.3) is 5.91 Å². The van der Waals surface area contributed by atoms with Crippen LogP contribution < -0.4 is 10.7 Å². The molecule has 1 aromatic rings. The highest BCUT2D eigenvalue weighted by Crippen LogP contribution is 2.16. The van der Waals surface area contributed by atoms with Gasteiger partial charge in [0, 0.05) is 17.9 Å². The Balaban J connectivity index is 1.99. The monoisotopic (exact) mass is 279 g/mol. The first-order chi connectivity index (χ1) is 9.06. The zero-order valence-electron chi connectivity index (χ0n) is 10.4.